The zero-order valence-electron chi connectivity index (χ0n) is 19.2. The fourth-order valence-corrected chi connectivity index (χ4v) is 4.71. The summed E-state index contributed by atoms with van der Waals surface area (Å²) in [6.45, 7) is -0.988. The van der Waals surface area contributed by atoms with Crippen LogP contribution in [0.4, 0.5) is 23.2 Å². The van der Waals surface area contributed by atoms with Gasteiger partial charge < -0.3 is 14.8 Å². The van der Waals surface area contributed by atoms with Crippen LogP contribution in [-0.4, -0.2) is 35.1 Å². The van der Waals surface area contributed by atoms with Gasteiger partial charge in [-0.3, -0.25) is 9.10 Å². The van der Waals surface area contributed by atoms with Crippen LogP contribution in [0.15, 0.2) is 71.6 Å². The van der Waals surface area contributed by atoms with Gasteiger partial charge in [0.1, 0.15) is 12.4 Å². The lowest BCUT2D eigenvalue weighted by molar-refractivity contribution is -0.137. The molecule has 0 radical (unpaired) electrons. The maximum Gasteiger partial charge on any atom is 0.416 e. The second-order valence-corrected chi connectivity index (χ2v) is 9.34. The predicted octanol–water partition coefficient (Wildman–Crippen LogP) is 4.37. The number of nitrogens with zero attached hydrogens (tertiary/aromatic N) is 1. The second-order valence-electron chi connectivity index (χ2n) is 7.48. The first-order valence-electron chi connectivity index (χ1n) is 10.4. The van der Waals surface area contributed by atoms with Gasteiger partial charge >= 0.3 is 6.18 Å². The third-order valence-electron chi connectivity index (χ3n) is 5.09. The van der Waals surface area contributed by atoms with Crippen LogP contribution in [-0.2, 0) is 27.5 Å². The van der Waals surface area contributed by atoms with Gasteiger partial charge in [0.15, 0.2) is 11.5 Å². The molecule has 3 aromatic carbocycles. The number of hydrogen-bond acceptors (Lipinski definition) is 5. The molecule has 3 rings (SSSR count). The van der Waals surface area contributed by atoms with E-state index in [1.54, 1.807) is 0 Å². The molecule has 0 spiro atoms. The number of carbonyl (C=O) groups is 1. The average Bonchev–Trinajstić information content (AvgIpc) is 2.85. The van der Waals surface area contributed by atoms with Gasteiger partial charge in [0.2, 0.25) is 5.91 Å². The number of halogens is 4. The number of sulfonamides is 1. The maximum absolute atomic E-state index is 13.5. The van der Waals surface area contributed by atoms with Crippen molar-refractivity contribution in [1.29, 1.82) is 0 Å². The molecule has 7 nitrogen and oxygen atoms in total. The van der Waals surface area contributed by atoms with Crippen LogP contribution in [0, 0.1) is 5.82 Å². The predicted molar refractivity (Wildman–Crippen MR) is 124 cm³/mol. The van der Waals surface area contributed by atoms with Crippen molar-refractivity contribution in [1.82, 2.24) is 5.32 Å². The summed E-state index contributed by atoms with van der Waals surface area (Å²) in [5.41, 5.74) is -0.701. The number of alkyl halides is 3. The van der Waals surface area contributed by atoms with E-state index in [2.05, 4.69) is 5.32 Å². The van der Waals surface area contributed by atoms with E-state index in [0.29, 0.717) is 0 Å². The van der Waals surface area contributed by atoms with Crippen molar-refractivity contribution >= 4 is 21.6 Å². The molecule has 0 saturated heterocycles. The van der Waals surface area contributed by atoms with Crippen LogP contribution in [0.1, 0.15) is 11.1 Å². The second kappa shape index (κ2) is 10.9. The van der Waals surface area contributed by atoms with Crippen LogP contribution in [0.2, 0.25) is 0 Å². The van der Waals surface area contributed by atoms with Gasteiger partial charge in [-0.2, -0.15) is 13.2 Å². The molecule has 12 heteroatoms. The lowest BCUT2D eigenvalue weighted by atomic mass is 10.1. The van der Waals surface area contributed by atoms with E-state index in [-0.39, 0.29) is 34.2 Å². The van der Waals surface area contributed by atoms with Gasteiger partial charge in [-0.15, -0.1) is 0 Å². The highest BCUT2D eigenvalue weighted by molar-refractivity contribution is 7.92. The summed E-state index contributed by atoms with van der Waals surface area (Å²) < 4.78 is 90.3. The van der Waals surface area contributed by atoms with Crippen LogP contribution in [0.25, 0.3) is 0 Å². The zero-order chi connectivity index (χ0) is 26.5. The summed E-state index contributed by atoms with van der Waals surface area (Å²) in [6.07, 6.45) is -4.55. The van der Waals surface area contributed by atoms with Gasteiger partial charge in [-0.1, -0.05) is 12.1 Å². The van der Waals surface area contributed by atoms with Gasteiger partial charge in [-0.05, 0) is 54.1 Å². The molecular weight excluding hydrogens is 504 g/mol. The maximum atomic E-state index is 13.5. The third kappa shape index (κ3) is 6.25. The minimum Gasteiger partial charge on any atom is -0.493 e. The van der Waals surface area contributed by atoms with Crippen molar-refractivity contribution in [3.05, 3.63) is 83.7 Å². The highest BCUT2D eigenvalue weighted by atomic mass is 32.2. The molecule has 0 aromatic heterocycles. The quantitative estimate of drug-likeness (QED) is 0.419. The van der Waals surface area contributed by atoms with E-state index in [1.165, 1.54) is 56.7 Å². The van der Waals surface area contributed by atoms with Crippen molar-refractivity contribution < 1.29 is 40.2 Å². The van der Waals surface area contributed by atoms with Gasteiger partial charge in [-0.25, -0.2) is 12.8 Å². The van der Waals surface area contributed by atoms with Crippen molar-refractivity contribution in [2.45, 2.75) is 17.6 Å². The van der Waals surface area contributed by atoms with Gasteiger partial charge in [0.05, 0.1) is 30.4 Å². The lowest BCUT2D eigenvalue weighted by Crippen LogP contribution is -2.40. The number of nitrogens with one attached hydrogen (secondary N) is 1. The number of hydrogen-bond donors (Lipinski definition) is 1. The van der Waals surface area contributed by atoms with Crippen molar-refractivity contribution in [3.63, 3.8) is 0 Å². The number of methoxy groups -OCH3 is 2. The molecule has 0 fully saturated rings. The summed E-state index contributed by atoms with van der Waals surface area (Å²) in [6, 6.07) is 12.7. The Morgan fingerprint density at radius 1 is 0.944 bits per heavy atom. The molecule has 0 heterocycles. The van der Waals surface area contributed by atoms with Crippen molar-refractivity contribution in [2.24, 2.45) is 0 Å². The minimum atomic E-state index is -4.55. The number of ether oxygens (including phenoxy) is 2. The van der Waals surface area contributed by atoms with Crippen molar-refractivity contribution in [2.75, 3.05) is 25.1 Å². The number of benzene rings is 3. The molecule has 0 saturated carbocycles. The summed E-state index contributed by atoms with van der Waals surface area (Å²) in [4.78, 5) is 12.5. The lowest BCUT2D eigenvalue weighted by Gasteiger charge is -2.24. The van der Waals surface area contributed by atoms with Gasteiger partial charge in [0.25, 0.3) is 10.0 Å². The zero-order valence-corrected chi connectivity index (χ0v) is 20.0. The summed E-state index contributed by atoms with van der Waals surface area (Å²) >= 11 is 0. The van der Waals surface area contributed by atoms with Crippen LogP contribution >= 0.6 is 0 Å². The molecule has 0 aliphatic rings. The van der Waals surface area contributed by atoms with Gasteiger partial charge in [0, 0.05) is 12.6 Å². The number of amides is 1. The van der Waals surface area contributed by atoms with E-state index in [9.17, 15) is 30.8 Å². The average molecular weight is 527 g/mol. The molecule has 0 unspecified atom stereocenters. The van der Waals surface area contributed by atoms with E-state index in [4.69, 9.17) is 9.47 Å². The Labute approximate surface area is 205 Å². The molecule has 1 amide bonds. The normalized spacial score (nSPS) is 11.6. The Bertz CT molecular complexity index is 1330. The Morgan fingerprint density at radius 3 is 2.22 bits per heavy atom. The largest absolute Gasteiger partial charge is 0.493 e. The molecular formula is C24H22F4N2O5S. The number of rotatable bonds is 9. The topological polar surface area (TPSA) is 84.9 Å². The Balaban J connectivity index is 1.88. The molecule has 1 N–H and O–H groups in total. The first kappa shape index (κ1) is 26.8. The fourth-order valence-electron chi connectivity index (χ4n) is 3.27. The van der Waals surface area contributed by atoms with Crippen molar-refractivity contribution in [3.8, 4) is 11.5 Å². The standard InChI is InChI=1S/C24H22F4N2O5S/c1-34-21-11-10-20(13-22(21)35-2)36(32,33)30(19-8-6-18(25)7-9-19)15-23(31)29-14-16-4-3-5-17(12-16)24(26,27)28/h3-13H,14-15H2,1-2H3,(H,29,31). The van der Waals surface area contributed by atoms with E-state index < -0.39 is 40.0 Å². The minimum absolute atomic E-state index is 0.000374. The summed E-state index contributed by atoms with van der Waals surface area (Å²) in [5.74, 6) is -0.993. The first-order chi connectivity index (χ1) is 17.0. The number of carbonyl (C=O) groups excluding carboxylic acids is 1. The molecule has 3 aromatic rings. The Kier molecular flexibility index (Phi) is 8.08. The highest BCUT2D eigenvalue weighted by Gasteiger charge is 2.31. The molecule has 192 valence electrons. The summed E-state index contributed by atoms with van der Waals surface area (Å²) in [5, 5.41) is 2.42. The highest BCUT2D eigenvalue weighted by Crippen LogP contribution is 2.32. The van der Waals surface area contributed by atoms with E-state index in [1.807, 2.05) is 0 Å². The molecule has 0 aliphatic heterocycles. The molecule has 0 aliphatic carbocycles. The van der Waals surface area contributed by atoms with Crippen LogP contribution < -0.4 is 19.1 Å². The first-order valence-corrected chi connectivity index (χ1v) is 11.8. The third-order valence-corrected chi connectivity index (χ3v) is 6.86. The molecule has 0 atom stereocenters. The van der Waals surface area contributed by atoms with E-state index >= 15 is 0 Å². The SMILES string of the molecule is COc1ccc(S(=O)(=O)N(CC(=O)NCc2cccc(C(F)(F)F)c2)c2ccc(F)cc2)cc1OC. The summed E-state index contributed by atoms with van der Waals surface area (Å²) in [7, 11) is -1.66. The van der Waals surface area contributed by atoms with E-state index in [0.717, 1.165) is 28.6 Å². The molecule has 0 bridgehead atoms. The smallest absolute Gasteiger partial charge is 0.416 e. The van der Waals surface area contributed by atoms with Crippen LogP contribution in [0.3, 0.4) is 0 Å². The fraction of sp³-hybridized carbons (Fsp3) is 0.208. The number of anilines is 1. The molecule has 36 heavy (non-hydrogen) atoms. The Hall–Kier alpha value is -3.80. The monoisotopic (exact) mass is 526 g/mol. The Morgan fingerprint density at radius 2 is 1.61 bits per heavy atom. The van der Waals surface area contributed by atoms with Crippen LogP contribution in [0.5, 0.6) is 11.5 Å².